The van der Waals surface area contributed by atoms with Gasteiger partial charge in [0.25, 0.3) is 0 Å². The normalized spacial score (nSPS) is 17.4. The molecule has 5 heteroatoms. The zero-order valence-electron chi connectivity index (χ0n) is 9.11. The van der Waals surface area contributed by atoms with E-state index in [1.807, 2.05) is 12.1 Å². The first-order valence-corrected chi connectivity index (χ1v) is 6.70. The molecule has 1 aromatic carbocycles. The molecule has 16 heavy (non-hydrogen) atoms. The molecule has 1 saturated heterocycles. The highest BCUT2D eigenvalue weighted by atomic mass is 79.9. The summed E-state index contributed by atoms with van der Waals surface area (Å²) in [7, 11) is 1.70. The fourth-order valence-electron chi connectivity index (χ4n) is 1.50. The standard InChI is InChI=1S/C11H14BrNO2S/c1-14-10-3-2-9(12)8-11(10)16-13-4-6-15-7-5-13/h2-3,8H,4-7H2,1H3. The van der Waals surface area contributed by atoms with Gasteiger partial charge in [-0.3, -0.25) is 0 Å². The third-order valence-electron chi connectivity index (χ3n) is 2.32. The number of rotatable bonds is 3. The van der Waals surface area contributed by atoms with Crippen LogP contribution in [0.3, 0.4) is 0 Å². The summed E-state index contributed by atoms with van der Waals surface area (Å²) in [6.45, 7) is 3.54. The SMILES string of the molecule is COc1ccc(Br)cc1SN1CCOCC1. The molecular weight excluding hydrogens is 290 g/mol. The molecule has 1 aliphatic rings. The minimum Gasteiger partial charge on any atom is -0.496 e. The van der Waals surface area contributed by atoms with Gasteiger partial charge in [0, 0.05) is 17.6 Å². The molecule has 0 unspecified atom stereocenters. The molecule has 0 saturated carbocycles. The minimum atomic E-state index is 0.809. The summed E-state index contributed by atoms with van der Waals surface area (Å²) in [5.41, 5.74) is 0. The Morgan fingerprint density at radius 3 is 2.81 bits per heavy atom. The second-order valence-corrected chi connectivity index (χ2v) is 5.48. The highest BCUT2D eigenvalue weighted by molar-refractivity contribution is 9.10. The Hall–Kier alpha value is -0.230. The van der Waals surface area contributed by atoms with Crippen LogP contribution in [-0.4, -0.2) is 37.7 Å². The number of methoxy groups -OCH3 is 1. The highest BCUT2D eigenvalue weighted by Gasteiger charge is 2.14. The van der Waals surface area contributed by atoms with Crippen LogP contribution in [0.4, 0.5) is 0 Å². The van der Waals surface area contributed by atoms with E-state index in [1.54, 1.807) is 19.1 Å². The van der Waals surface area contributed by atoms with Crippen LogP contribution in [0, 0.1) is 0 Å². The molecule has 1 aliphatic heterocycles. The second-order valence-electron chi connectivity index (χ2n) is 3.43. The van der Waals surface area contributed by atoms with E-state index in [0.29, 0.717) is 0 Å². The summed E-state index contributed by atoms with van der Waals surface area (Å²) in [5.74, 6) is 0.916. The smallest absolute Gasteiger partial charge is 0.133 e. The quantitative estimate of drug-likeness (QED) is 0.801. The number of nitrogens with zero attached hydrogens (tertiary/aromatic N) is 1. The lowest BCUT2D eigenvalue weighted by atomic mass is 10.3. The van der Waals surface area contributed by atoms with E-state index in [4.69, 9.17) is 9.47 Å². The maximum absolute atomic E-state index is 5.34. The number of morpholine rings is 1. The summed E-state index contributed by atoms with van der Waals surface area (Å²) >= 11 is 5.21. The van der Waals surface area contributed by atoms with Gasteiger partial charge in [0.15, 0.2) is 0 Å². The number of benzene rings is 1. The topological polar surface area (TPSA) is 21.7 Å². The highest BCUT2D eigenvalue weighted by Crippen LogP contribution is 2.34. The van der Waals surface area contributed by atoms with E-state index in [2.05, 4.69) is 26.3 Å². The second kappa shape index (κ2) is 5.91. The third-order valence-corrected chi connectivity index (χ3v) is 3.96. The Bertz CT molecular complexity index is 356. The summed E-state index contributed by atoms with van der Waals surface area (Å²) in [4.78, 5) is 1.14. The number of halogens is 1. The molecule has 0 atom stereocenters. The van der Waals surface area contributed by atoms with Crippen molar-refractivity contribution in [3.8, 4) is 5.75 Å². The van der Waals surface area contributed by atoms with Crippen LogP contribution < -0.4 is 4.74 Å². The number of hydrogen-bond donors (Lipinski definition) is 0. The number of hydrogen-bond acceptors (Lipinski definition) is 4. The van der Waals surface area contributed by atoms with Gasteiger partial charge >= 0.3 is 0 Å². The van der Waals surface area contributed by atoms with Gasteiger partial charge in [0.2, 0.25) is 0 Å². The first-order chi connectivity index (χ1) is 7.79. The molecule has 0 aliphatic carbocycles. The van der Waals surface area contributed by atoms with Gasteiger partial charge in [0.05, 0.1) is 25.2 Å². The molecule has 88 valence electrons. The van der Waals surface area contributed by atoms with Crippen molar-refractivity contribution in [1.29, 1.82) is 0 Å². The lowest BCUT2D eigenvalue weighted by molar-refractivity contribution is 0.0773. The van der Waals surface area contributed by atoms with Crippen molar-refractivity contribution in [1.82, 2.24) is 4.31 Å². The van der Waals surface area contributed by atoms with Crippen LogP contribution in [0.25, 0.3) is 0 Å². The van der Waals surface area contributed by atoms with Crippen LogP contribution in [0.2, 0.25) is 0 Å². The van der Waals surface area contributed by atoms with Gasteiger partial charge < -0.3 is 9.47 Å². The average Bonchev–Trinajstić information content (AvgIpc) is 2.31. The lowest BCUT2D eigenvalue weighted by Gasteiger charge is -2.25. The minimum absolute atomic E-state index is 0.809. The number of ether oxygens (including phenoxy) is 2. The molecule has 0 spiro atoms. The monoisotopic (exact) mass is 303 g/mol. The van der Waals surface area contributed by atoms with Crippen molar-refractivity contribution in [2.45, 2.75) is 4.90 Å². The Morgan fingerprint density at radius 2 is 2.12 bits per heavy atom. The van der Waals surface area contributed by atoms with Crippen LogP contribution in [-0.2, 0) is 4.74 Å². The van der Waals surface area contributed by atoms with Crippen LogP contribution in [0.5, 0.6) is 5.75 Å². The zero-order valence-corrected chi connectivity index (χ0v) is 11.5. The summed E-state index contributed by atoms with van der Waals surface area (Å²) in [5, 5.41) is 0. The maximum Gasteiger partial charge on any atom is 0.133 e. The molecule has 0 bridgehead atoms. The Morgan fingerprint density at radius 1 is 1.38 bits per heavy atom. The molecule has 1 heterocycles. The van der Waals surface area contributed by atoms with Crippen LogP contribution in [0.1, 0.15) is 0 Å². The summed E-state index contributed by atoms with van der Waals surface area (Å²) < 4.78 is 14.0. The maximum atomic E-state index is 5.34. The Labute approximate surface area is 108 Å². The molecule has 3 nitrogen and oxygen atoms in total. The average molecular weight is 304 g/mol. The van der Waals surface area contributed by atoms with Gasteiger partial charge in [0.1, 0.15) is 5.75 Å². The van der Waals surface area contributed by atoms with E-state index >= 15 is 0 Å². The van der Waals surface area contributed by atoms with Gasteiger partial charge in [-0.2, -0.15) is 0 Å². The van der Waals surface area contributed by atoms with Crippen molar-refractivity contribution in [2.75, 3.05) is 33.4 Å². The predicted molar refractivity (Wildman–Crippen MR) is 68.9 cm³/mol. The van der Waals surface area contributed by atoms with Crippen molar-refractivity contribution >= 4 is 27.9 Å². The molecule has 2 rings (SSSR count). The molecule has 1 fully saturated rings. The molecule has 0 aromatic heterocycles. The third kappa shape index (κ3) is 3.13. The Balaban J connectivity index is 2.09. The van der Waals surface area contributed by atoms with E-state index in [0.717, 1.165) is 41.4 Å². The first kappa shape index (κ1) is 12.2. The van der Waals surface area contributed by atoms with E-state index in [1.165, 1.54) is 0 Å². The van der Waals surface area contributed by atoms with Crippen molar-refractivity contribution in [2.24, 2.45) is 0 Å². The molecule has 0 radical (unpaired) electrons. The van der Waals surface area contributed by atoms with Crippen molar-refractivity contribution in [3.63, 3.8) is 0 Å². The van der Waals surface area contributed by atoms with Gasteiger partial charge in [-0.1, -0.05) is 15.9 Å². The summed E-state index contributed by atoms with van der Waals surface area (Å²) in [6.07, 6.45) is 0. The van der Waals surface area contributed by atoms with Crippen molar-refractivity contribution < 1.29 is 9.47 Å². The van der Waals surface area contributed by atoms with Gasteiger partial charge in [-0.05, 0) is 30.1 Å². The fraction of sp³-hybridized carbons (Fsp3) is 0.455. The van der Waals surface area contributed by atoms with E-state index in [9.17, 15) is 0 Å². The van der Waals surface area contributed by atoms with Gasteiger partial charge in [-0.15, -0.1) is 0 Å². The molecule has 0 amide bonds. The lowest BCUT2D eigenvalue weighted by Crippen LogP contribution is -2.30. The molecule has 0 N–H and O–H groups in total. The van der Waals surface area contributed by atoms with E-state index < -0.39 is 0 Å². The predicted octanol–water partition coefficient (Wildman–Crippen LogP) is 2.80. The van der Waals surface area contributed by atoms with Crippen molar-refractivity contribution in [3.05, 3.63) is 22.7 Å². The zero-order chi connectivity index (χ0) is 11.4. The van der Waals surface area contributed by atoms with E-state index in [-0.39, 0.29) is 0 Å². The Kier molecular flexibility index (Phi) is 4.52. The van der Waals surface area contributed by atoms with Gasteiger partial charge in [-0.25, -0.2) is 4.31 Å². The van der Waals surface area contributed by atoms with Crippen LogP contribution >= 0.6 is 27.9 Å². The fourth-order valence-corrected chi connectivity index (χ4v) is 3.04. The summed E-state index contributed by atoms with van der Waals surface area (Å²) in [6, 6.07) is 6.05. The van der Waals surface area contributed by atoms with Crippen LogP contribution in [0.15, 0.2) is 27.6 Å². The molecule has 1 aromatic rings. The largest absolute Gasteiger partial charge is 0.496 e. The molecular formula is C11H14BrNO2S. The first-order valence-electron chi connectivity index (χ1n) is 5.14.